The van der Waals surface area contributed by atoms with Crippen molar-refractivity contribution >= 4 is 5.78 Å². The van der Waals surface area contributed by atoms with E-state index in [1.165, 1.54) is 0 Å². The molecule has 1 heterocycles. The van der Waals surface area contributed by atoms with Crippen molar-refractivity contribution in [1.29, 1.82) is 0 Å². The molecule has 1 fully saturated rings. The van der Waals surface area contributed by atoms with Crippen LogP contribution in [0.5, 0.6) is 0 Å². The van der Waals surface area contributed by atoms with Crippen molar-refractivity contribution in [3.8, 4) is 0 Å². The van der Waals surface area contributed by atoms with E-state index in [0.717, 1.165) is 11.1 Å². The number of hydrogen-bond acceptors (Lipinski definition) is 4. The van der Waals surface area contributed by atoms with Gasteiger partial charge in [0.2, 0.25) is 0 Å². The van der Waals surface area contributed by atoms with E-state index in [-0.39, 0.29) is 11.8 Å². The molecule has 0 bridgehead atoms. The number of benzene rings is 1. The second-order valence-electron chi connectivity index (χ2n) is 6.16. The number of nitrogens with zero attached hydrogens (tertiary/aromatic N) is 1. The molecule has 0 aliphatic carbocycles. The molecule has 0 saturated carbocycles. The van der Waals surface area contributed by atoms with E-state index in [1.54, 1.807) is 0 Å². The van der Waals surface area contributed by atoms with Crippen LogP contribution in [0.4, 0.5) is 0 Å². The number of carbonyl (C=O) groups excluding carboxylic acids is 1. The highest BCUT2D eigenvalue weighted by atomic mass is 16.5. The number of Topliss-reactive ketones (excluding diaryl/α,β-unsaturated/α-hetero) is 1. The molecule has 4 nitrogen and oxygen atoms in total. The number of aryl methyl sites for hydroxylation is 1. The smallest absolute Gasteiger partial charge is 0.179 e. The minimum Gasteiger partial charge on any atom is -0.388 e. The monoisotopic (exact) mass is 291 g/mol. The Morgan fingerprint density at radius 1 is 1.33 bits per heavy atom. The lowest BCUT2D eigenvalue weighted by atomic mass is 9.93. The molecule has 1 unspecified atom stereocenters. The highest BCUT2D eigenvalue weighted by Gasteiger charge is 2.33. The van der Waals surface area contributed by atoms with E-state index in [2.05, 4.69) is 0 Å². The van der Waals surface area contributed by atoms with Crippen LogP contribution in [0.3, 0.4) is 0 Å². The van der Waals surface area contributed by atoms with E-state index in [9.17, 15) is 9.90 Å². The molecule has 0 aromatic heterocycles. The zero-order valence-corrected chi connectivity index (χ0v) is 13.1. The molecule has 1 aliphatic rings. The summed E-state index contributed by atoms with van der Waals surface area (Å²) >= 11 is 0. The molecule has 0 amide bonds. The van der Waals surface area contributed by atoms with Crippen molar-refractivity contribution in [2.45, 2.75) is 38.3 Å². The highest BCUT2D eigenvalue weighted by molar-refractivity contribution is 5.99. The van der Waals surface area contributed by atoms with Gasteiger partial charge >= 0.3 is 0 Å². The van der Waals surface area contributed by atoms with Crippen LogP contribution in [0.1, 0.15) is 35.7 Å². The second-order valence-corrected chi connectivity index (χ2v) is 6.16. The molecule has 1 N–H and O–H groups in total. The molecular weight excluding hydrogens is 266 g/mol. The van der Waals surface area contributed by atoms with Crippen molar-refractivity contribution in [1.82, 2.24) is 4.90 Å². The zero-order chi connectivity index (χ0) is 15.5. The Bertz CT molecular complexity index is 477. The summed E-state index contributed by atoms with van der Waals surface area (Å²) in [4.78, 5) is 14.4. The number of ether oxygens (including phenoxy) is 1. The van der Waals surface area contributed by atoms with Gasteiger partial charge in [0, 0.05) is 38.2 Å². The molecule has 4 heteroatoms. The van der Waals surface area contributed by atoms with Gasteiger partial charge in [-0.1, -0.05) is 29.8 Å². The minimum atomic E-state index is -0.741. The first-order chi connectivity index (χ1) is 9.91. The topological polar surface area (TPSA) is 49.8 Å². The summed E-state index contributed by atoms with van der Waals surface area (Å²) in [5, 5.41) is 10.5. The maximum absolute atomic E-state index is 12.5. The Morgan fingerprint density at radius 2 is 1.90 bits per heavy atom. The first-order valence-electron chi connectivity index (χ1n) is 7.52. The molecule has 116 valence electrons. The Morgan fingerprint density at radius 3 is 2.48 bits per heavy atom. The Balaban J connectivity index is 1.99. The number of ketones is 1. The van der Waals surface area contributed by atoms with E-state index in [0.29, 0.717) is 32.6 Å². The standard InChI is InChI=1S/C17H25NO3/c1-13-4-6-15(7-5-13)16(19)14(2)18(3)12-17(20)8-10-21-11-9-17/h4-7,14,20H,8-12H2,1-3H3. The van der Waals surface area contributed by atoms with Crippen LogP contribution in [-0.2, 0) is 4.74 Å². The summed E-state index contributed by atoms with van der Waals surface area (Å²) in [6.07, 6.45) is 1.26. The maximum Gasteiger partial charge on any atom is 0.179 e. The molecule has 1 aromatic carbocycles. The van der Waals surface area contributed by atoms with Gasteiger partial charge in [0.05, 0.1) is 11.6 Å². The lowest BCUT2D eigenvalue weighted by molar-refractivity contribution is -0.0791. The third kappa shape index (κ3) is 4.13. The largest absolute Gasteiger partial charge is 0.388 e. The molecular formula is C17H25NO3. The van der Waals surface area contributed by atoms with Crippen LogP contribution in [0.2, 0.25) is 0 Å². The van der Waals surface area contributed by atoms with Crippen LogP contribution < -0.4 is 0 Å². The van der Waals surface area contributed by atoms with Gasteiger partial charge < -0.3 is 9.84 Å². The molecule has 2 rings (SSSR count). The molecule has 1 atom stereocenters. The van der Waals surface area contributed by atoms with Gasteiger partial charge in [-0.3, -0.25) is 9.69 Å². The fourth-order valence-corrected chi connectivity index (χ4v) is 2.67. The summed E-state index contributed by atoms with van der Waals surface area (Å²) in [6.45, 7) is 5.57. The van der Waals surface area contributed by atoms with Gasteiger partial charge in [-0.2, -0.15) is 0 Å². The van der Waals surface area contributed by atoms with Crippen LogP contribution in [-0.4, -0.2) is 54.2 Å². The third-order valence-corrected chi connectivity index (χ3v) is 4.34. The predicted octanol–water partition coefficient (Wildman–Crippen LogP) is 2.04. The number of carbonyl (C=O) groups is 1. The Labute approximate surface area is 126 Å². The summed E-state index contributed by atoms with van der Waals surface area (Å²) in [5.74, 6) is 0.0909. The fourth-order valence-electron chi connectivity index (χ4n) is 2.67. The normalized spacial score (nSPS) is 19.5. The molecule has 1 aliphatic heterocycles. The number of aliphatic hydroxyl groups is 1. The third-order valence-electron chi connectivity index (χ3n) is 4.34. The number of likely N-dealkylation sites (N-methyl/N-ethyl adjacent to an activating group) is 1. The van der Waals surface area contributed by atoms with Crippen LogP contribution in [0, 0.1) is 6.92 Å². The van der Waals surface area contributed by atoms with Gasteiger partial charge in [0.15, 0.2) is 5.78 Å². The Kier molecular flexibility index (Phi) is 5.14. The molecule has 1 saturated heterocycles. The van der Waals surface area contributed by atoms with Crippen molar-refractivity contribution < 1.29 is 14.6 Å². The Hall–Kier alpha value is -1.23. The van der Waals surface area contributed by atoms with E-state index < -0.39 is 5.60 Å². The van der Waals surface area contributed by atoms with Gasteiger partial charge in [-0.15, -0.1) is 0 Å². The summed E-state index contributed by atoms with van der Waals surface area (Å²) in [6, 6.07) is 7.38. The summed E-state index contributed by atoms with van der Waals surface area (Å²) in [5.41, 5.74) is 1.12. The molecule has 21 heavy (non-hydrogen) atoms. The van der Waals surface area contributed by atoms with E-state index in [4.69, 9.17) is 4.74 Å². The van der Waals surface area contributed by atoms with Gasteiger partial charge in [-0.05, 0) is 20.9 Å². The predicted molar refractivity (Wildman–Crippen MR) is 82.6 cm³/mol. The van der Waals surface area contributed by atoms with Crippen LogP contribution >= 0.6 is 0 Å². The fraction of sp³-hybridized carbons (Fsp3) is 0.588. The van der Waals surface area contributed by atoms with Crippen molar-refractivity contribution in [3.63, 3.8) is 0 Å². The first kappa shape index (κ1) is 16.1. The lowest BCUT2D eigenvalue weighted by Gasteiger charge is -2.37. The van der Waals surface area contributed by atoms with E-state index >= 15 is 0 Å². The van der Waals surface area contributed by atoms with E-state index in [1.807, 2.05) is 50.1 Å². The first-order valence-corrected chi connectivity index (χ1v) is 7.52. The maximum atomic E-state index is 12.5. The van der Waals surface area contributed by atoms with Gasteiger partial charge in [-0.25, -0.2) is 0 Å². The van der Waals surface area contributed by atoms with Crippen LogP contribution in [0.25, 0.3) is 0 Å². The zero-order valence-electron chi connectivity index (χ0n) is 13.1. The average molecular weight is 291 g/mol. The quantitative estimate of drug-likeness (QED) is 0.844. The van der Waals surface area contributed by atoms with Gasteiger partial charge in [0.25, 0.3) is 0 Å². The minimum absolute atomic E-state index is 0.0909. The van der Waals surface area contributed by atoms with Crippen LogP contribution in [0.15, 0.2) is 24.3 Å². The van der Waals surface area contributed by atoms with Crippen molar-refractivity contribution in [2.24, 2.45) is 0 Å². The molecule has 0 radical (unpaired) electrons. The highest BCUT2D eigenvalue weighted by Crippen LogP contribution is 2.22. The van der Waals surface area contributed by atoms with Crippen molar-refractivity contribution in [2.75, 3.05) is 26.8 Å². The number of hydrogen-bond donors (Lipinski definition) is 1. The summed E-state index contributed by atoms with van der Waals surface area (Å²) in [7, 11) is 1.89. The SMILES string of the molecule is Cc1ccc(C(=O)C(C)N(C)CC2(O)CCOCC2)cc1. The van der Waals surface area contributed by atoms with Gasteiger partial charge in [0.1, 0.15) is 0 Å². The average Bonchev–Trinajstić information content (AvgIpc) is 2.46. The second kappa shape index (κ2) is 6.69. The molecule has 0 spiro atoms. The number of rotatable bonds is 5. The molecule has 1 aromatic rings. The summed E-state index contributed by atoms with van der Waals surface area (Å²) < 4.78 is 5.29. The lowest BCUT2D eigenvalue weighted by Crippen LogP contribution is -2.49. The van der Waals surface area contributed by atoms with Crippen molar-refractivity contribution in [3.05, 3.63) is 35.4 Å².